The number of aromatic nitrogens is 1. The van der Waals surface area contributed by atoms with E-state index < -0.39 is 23.5 Å². The Kier molecular flexibility index (Phi) is 9.15. The van der Waals surface area contributed by atoms with Crippen LogP contribution in [0.25, 0.3) is 0 Å². The van der Waals surface area contributed by atoms with Gasteiger partial charge in [-0.05, 0) is 12.1 Å². The lowest BCUT2D eigenvalue weighted by atomic mass is 10.3. The van der Waals surface area contributed by atoms with Crippen LogP contribution in [0.2, 0.25) is 0 Å². The summed E-state index contributed by atoms with van der Waals surface area (Å²) >= 11 is 0.884. The summed E-state index contributed by atoms with van der Waals surface area (Å²) in [6.45, 7) is 0.370. The predicted octanol–water partition coefficient (Wildman–Crippen LogP) is 3.80. The smallest absolute Gasteiger partial charge is 0.434 e. The molecule has 2 rings (SSSR count). The van der Waals surface area contributed by atoms with E-state index in [0.29, 0.717) is 12.0 Å². The maximum Gasteiger partial charge on any atom is 0.434 e. The molecule has 1 aromatic carbocycles. The van der Waals surface area contributed by atoms with Crippen LogP contribution in [0, 0.1) is 11.6 Å². The molecule has 0 fully saturated rings. The number of benzene rings is 1. The lowest BCUT2D eigenvalue weighted by molar-refractivity contribution is -0.140. The van der Waals surface area contributed by atoms with Crippen LogP contribution in [0.15, 0.2) is 28.6 Å². The van der Waals surface area contributed by atoms with Gasteiger partial charge in [0.05, 0.1) is 13.1 Å². The van der Waals surface area contributed by atoms with E-state index in [1.807, 2.05) is 0 Å². The predicted molar refractivity (Wildman–Crippen MR) is 103 cm³/mol. The van der Waals surface area contributed by atoms with Crippen molar-refractivity contribution in [2.45, 2.75) is 12.7 Å². The number of nitrogens with zero attached hydrogens (tertiary/aromatic N) is 2. The second-order valence-corrected chi connectivity index (χ2v) is 5.84. The highest BCUT2D eigenvalue weighted by Gasteiger charge is 2.33. The number of halogens is 6. The first-order chi connectivity index (χ1) is 12.3. The van der Waals surface area contributed by atoms with Crippen molar-refractivity contribution < 1.29 is 26.7 Å². The average molecular weight is 522 g/mol. The van der Waals surface area contributed by atoms with Crippen molar-refractivity contribution in [1.29, 1.82) is 0 Å². The van der Waals surface area contributed by atoms with Gasteiger partial charge in [0, 0.05) is 18.5 Å². The van der Waals surface area contributed by atoms with Crippen LogP contribution in [0.5, 0.6) is 5.75 Å². The van der Waals surface area contributed by atoms with E-state index >= 15 is 0 Å². The Balaban J connectivity index is 0.00000364. The summed E-state index contributed by atoms with van der Waals surface area (Å²) in [6.07, 6.45) is -4.47. The minimum absolute atomic E-state index is 0. The Hall–Kier alpha value is -1.70. The average Bonchev–Trinajstić information content (AvgIpc) is 3.05. The molecule has 27 heavy (non-hydrogen) atoms. The molecule has 0 aliphatic rings. The third-order valence-electron chi connectivity index (χ3n) is 3.02. The quantitative estimate of drug-likeness (QED) is 0.199. The minimum Gasteiger partial charge on any atom is -0.489 e. The number of thiazole rings is 1. The molecule has 0 atom stereocenters. The second kappa shape index (κ2) is 10.6. The first-order valence-corrected chi connectivity index (χ1v) is 8.21. The number of guanidine groups is 1. The molecule has 0 aliphatic carbocycles. The van der Waals surface area contributed by atoms with E-state index in [4.69, 9.17) is 4.74 Å². The molecule has 1 heterocycles. The minimum atomic E-state index is -4.47. The van der Waals surface area contributed by atoms with Crippen LogP contribution in [-0.4, -0.2) is 31.1 Å². The molecule has 0 radical (unpaired) electrons. The molecule has 150 valence electrons. The van der Waals surface area contributed by atoms with E-state index in [1.54, 1.807) is 0 Å². The van der Waals surface area contributed by atoms with Gasteiger partial charge >= 0.3 is 6.18 Å². The normalized spacial score (nSPS) is 11.7. The summed E-state index contributed by atoms with van der Waals surface area (Å²) in [5.74, 6) is -1.28. The highest BCUT2D eigenvalue weighted by molar-refractivity contribution is 14.0. The molecule has 0 spiro atoms. The summed E-state index contributed by atoms with van der Waals surface area (Å²) in [7, 11) is 1.48. The van der Waals surface area contributed by atoms with Gasteiger partial charge in [0.1, 0.15) is 17.4 Å². The van der Waals surface area contributed by atoms with Gasteiger partial charge in [-0.1, -0.05) is 0 Å². The van der Waals surface area contributed by atoms with Gasteiger partial charge in [-0.15, -0.1) is 35.3 Å². The number of rotatable bonds is 6. The van der Waals surface area contributed by atoms with Crippen molar-refractivity contribution in [3.8, 4) is 5.75 Å². The molecular weight excluding hydrogens is 506 g/mol. The van der Waals surface area contributed by atoms with Crippen molar-refractivity contribution in [2.75, 3.05) is 20.2 Å². The number of nitrogens with one attached hydrogen (secondary N) is 2. The Morgan fingerprint density at radius 1 is 1.26 bits per heavy atom. The number of alkyl halides is 3. The summed E-state index contributed by atoms with van der Waals surface area (Å²) in [6, 6.07) is 2.97. The zero-order valence-electron chi connectivity index (χ0n) is 13.9. The summed E-state index contributed by atoms with van der Waals surface area (Å²) in [5.41, 5.74) is -0.933. The summed E-state index contributed by atoms with van der Waals surface area (Å²) < 4.78 is 68.8. The number of aliphatic imine (C=N–C) groups is 1. The first kappa shape index (κ1) is 23.3. The van der Waals surface area contributed by atoms with Gasteiger partial charge in [0.15, 0.2) is 23.2 Å². The van der Waals surface area contributed by atoms with Crippen LogP contribution in [0.3, 0.4) is 0 Å². The van der Waals surface area contributed by atoms with E-state index in [0.717, 1.165) is 22.8 Å². The number of ether oxygens (including phenoxy) is 1. The molecule has 0 saturated heterocycles. The molecule has 0 aliphatic heterocycles. The lowest BCUT2D eigenvalue weighted by Crippen LogP contribution is -2.38. The van der Waals surface area contributed by atoms with Crippen molar-refractivity contribution in [3.05, 3.63) is 45.9 Å². The fourth-order valence-electron chi connectivity index (χ4n) is 1.82. The third kappa shape index (κ3) is 7.44. The number of hydrogen-bond donors (Lipinski definition) is 2. The zero-order valence-corrected chi connectivity index (χ0v) is 17.1. The molecule has 0 unspecified atom stereocenters. The first-order valence-electron chi connectivity index (χ1n) is 7.33. The van der Waals surface area contributed by atoms with E-state index in [9.17, 15) is 22.0 Å². The van der Waals surface area contributed by atoms with Gasteiger partial charge in [-0.3, -0.25) is 4.99 Å². The monoisotopic (exact) mass is 522 g/mol. The molecule has 2 aromatic rings. The molecule has 0 saturated carbocycles. The Morgan fingerprint density at radius 2 is 2.00 bits per heavy atom. The molecule has 12 heteroatoms. The molecular formula is C15H16F5IN4OS. The fraction of sp³-hybridized carbons (Fsp3) is 0.333. The van der Waals surface area contributed by atoms with Crippen LogP contribution in [-0.2, 0) is 12.7 Å². The topological polar surface area (TPSA) is 58.5 Å². The van der Waals surface area contributed by atoms with Gasteiger partial charge in [-0.2, -0.15) is 13.2 Å². The largest absolute Gasteiger partial charge is 0.489 e. The Labute approximate surface area is 173 Å². The third-order valence-corrected chi connectivity index (χ3v) is 3.87. The molecule has 1 aromatic heterocycles. The second-order valence-electron chi connectivity index (χ2n) is 4.90. The zero-order chi connectivity index (χ0) is 19.2. The maximum absolute atomic E-state index is 13.4. The highest BCUT2D eigenvalue weighted by atomic mass is 127. The van der Waals surface area contributed by atoms with Crippen LogP contribution < -0.4 is 15.4 Å². The van der Waals surface area contributed by atoms with Crippen LogP contribution in [0.1, 0.15) is 10.7 Å². The molecule has 0 amide bonds. The fourth-order valence-corrected chi connectivity index (χ4v) is 2.57. The standard InChI is InChI=1S/C15H15F5N4OS.HI/c1-21-14(23-7-13-24-12(8-26-13)15(18,19)20)22-4-5-25-11-3-2-9(16)6-10(11)17;/h2-3,6,8H,4-5,7H2,1H3,(H2,21,22,23);1H. The molecule has 2 N–H and O–H groups in total. The molecule has 0 bridgehead atoms. The lowest BCUT2D eigenvalue weighted by Gasteiger charge is -2.12. The van der Waals surface area contributed by atoms with Crippen molar-refractivity contribution in [2.24, 2.45) is 4.99 Å². The van der Waals surface area contributed by atoms with Crippen molar-refractivity contribution in [3.63, 3.8) is 0 Å². The van der Waals surface area contributed by atoms with Gasteiger partial charge < -0.3 is 15.4 Å². The van der Waals surface area contributed by atoms with E-state index in [-0.39, 0.29) is 54.4 Å². The SMILES string of the molecule is CN=C(NCCOc1ccc(F)cc1F)NCc1nc(C(F)(F)F)cs1.I. The number of hydrogen-bond acceptors (Lipinski definition) is 4. The van der Waals surface area contributed by atoms with Crippen LogP contribution >= 0.6 is 35.3 Å². The Bertz CT molecular complexity index is 769. The van der Waals surface area contributed by atoms with Gasteiger partial charge in [0.25, 0.3) is 0 Å². The van der Waals surface area contributed by atoms with Crippen LogP contribution in [0.4, 0.5) is 22.0 Å². The highest BCUT2D eigenvalue weighted by Crippen LogP contribution is 2.29. The van der Waals surface area contributed by atoms with Crippen molar-refractivity contribution >= 4 is 41.3 Å². The molecule has 5 nitrogen and oxygen atoms in total. The Morgan fingerprint density at radius 3 is 2.59 bits per heavy atom. The van der Waals surface area contributed by atoms with Gasteiger partial charge in [0.2, 0.25) is 0 Å². The maximum atomic E-state index is 13.4. The van der Waals surface area contributed by atoms with Crippen molar-refractivity contribution in [1.82, 2.24) is 15.6 Å². The van der Waals surface area contributed by atoms with E-state index in [1.165, 1.54) is 13.1 Å². The van der Waals surface area contributed by atoms with E-state index in [2.05, 4.69) is 20.6 Å². The summed E-state index contributed by atoms with van der Waals surface area (Å²) in [4.78, 5) is 7.39. The summed E-state index contributed by atoms with van der Waals surface area (Å²) in [5, 5.41) is 6.86. The van der Waals surface area contributed by atoms with Gasteiger partial charge in [-0.25, -0.2) is 13.8 Å².